The standard InChI is InChI=1S/C23H22N2O2S/c1-16-7-9-18(10-8-16)22(17-5-3-2-4-6-17)25-23(28)24-19-11-12-20-21(15-19)27-14-13-26-20/h2-12,15,22H,13-14H2,1H3,(H2,24,25,28)/t22-/m1/s1. The van der Waals surface area contributed by atoms with Gasteiger partial charge in [0.2, 0.25) is 0 Å². The lowest BCUT2D eigenvalue weighted by molar-refractivity contribution is 0.171. The number of hydrogen-bond acceptors (Lipinski definition) is 3. The number of ether oxygens (including phenoxy) is 2. The Bertz CT molecular complexity index is 958. The molecular formula is C23H22N2O2S. The first-order valence-electron chi connectivity index (χ1n) is 9.28. The minimum absolute atomic E-state index is 0.0426. The fraction of sp³-hybridized carbons (Fsp3) is 0.174. The van der Waals surface area contributed by atoms with Crippen LogP contribution in [0.3, 0.4) is 0 Å². The summed E-state index contributed by atoms with van der Waals surface area (Å²) in [5.41, 5.74) is 4.39. The van der Waals surface area contributed by atoms with E-state index < -0.39 is 0 Å². The summed E-state index contributed by atoms with van der Waals surface area (Å²) in [5, 5.41) is 7.25. The predicted molar refractivity (Wildman–Crippen MR) is 116 cm³/mol. The molecule has 0 radical (unpaired) electrons. The normalized spacial score (nSPS) is 13.5. The third-order valence-electron chi connectivity index (χ3n) is 4.62. The second-order valence-electron chi connectivity index (χ2n) is 6.71. The van der Waals surface area contributed by atoms with Crippen LogP contribution in [0.1, 0.15) is 22.7 Å². The van der Waals surface area contributed by atoms with Gasteiger partial charge in [-0.05, 0) is 42.4 Å². The summed E-state index contributed by atoms with van der Waals surface area (Å²) in [7, 11) is 0. The first kappa shape index (κ1) is 18.3. The Kier molecular flexibility index (Phi) is 5.44. The molecule has 3 aromatic carbocycles. The van der Waals surface area contributed by atoms with Gasteiger partial charge in [-0.15, -0.1) is 0 Å². The Labute approximate surface area is 170 Å². The van der Waals surface area contributed by atoms with Crippen molar-refractivity contribution >= 4 is 23.0 Å². The van der Waals surface area contributed by atoms with Crippen molar-refractivity contribution in [2.75, 3.05) is 18.5 Å². The van der Waals surface area contributed by atoms with Crippen LogP contribution in [0.5, 0.6) is 11.5 Å². The summed E-state index contributed by atoms with van der Waals surface area (Å²) in [6, 6.07) is 24.5. The molecule has 4 nitrogen and oxygen atoms in total. The maximum absolute atomic E-state index is 5.65. The number of fused-ring (bicyclic) bond motifs is 1. The van der Waals surface area contributed by atoms with Gasteiger partial charge in [-0.25, -0.2) is 0 Å². The highest BCUT2D eigenvalue weighted by Crippen LogP contribution is 2.32. The van der Waals surface area contributed by atoms with Crippen LogP contribution in [-0.2, 0) is 0 Å². The van der Waals surface area contributed by atoms with Crippen LogP contribution >= 0.6 is 12.2 Å². The summed E-state index contributed by atoms with van der Waals surface area (Å²) in [5.74, 6) is 1.50. The quantitative estimate of drug-likeness (QED) is 0.624. The molecule has 0 saturated carbocycles. The molecule has 142 valence electrons. The number of aryl methyl sites for hydroxylation is 1. The first-order valence-corrected chi connectivity index (χ1v) is 9.68. The highest BCUT2D eigenvalue weighted by molar-refractivity contribution is 7.80. The molecule has 0 amide bonds. The number of nitrogens with one attached hydrogen (secondary N) is 2. The highest BCUT2D eigenvalue weighted by Gasteiger charge is 2.16. The molecule has 0 aliphatic carbocycles. The summed E-state index contributed by atoms with van der Waals surface area (Å²) in [6.45, 7) is 3.22. The van der Waals surface area contributed by atoms with Crippen LogP contribution in [0.15, 0.2) is 72.8 Å². The van der Waals surface area contributed by atoms with Crippen molar-refractivity contribution < 1.29 is 9.47 Å². The van der Waals surface area contributed by atoms with Crippen LogP contribution in [0.2, 0.25) is 0 Å². The van der Waals surface area contributed by atoms with Gasteiger partial charge in [-0.2, -0.15) is 0 Å². The average molecular weight is 391 g/mol. The zero-order valence-corrected chi connectivity index (χ0v) is 16.5. The minimum atomic E-state index is -0.0426. The SMILES string of the molecule is Cc1ccc([C@H](NC(=S)Nc2ccc3c(c2)OCCO3)c2ccccc2)cc1. The maximum atomic E-state index is 5.65. The number of hydrogen-bond donors (Lipinski definition) is 2. The monoisotopic (exact) mass is 390 g/mol. The largest absolute Gasteiger partial charge is 0.486 e. The molecule has 0 unspecified atom stereocenters. The smallest absolute Gasteiger partial charge is 0.171 e. The fourth-order valence-electron chi connectivity index (χ4n) is 3.18. The summed E-state index contributed by atoms with van der Waals surface area (Å²) in [6.07, 6.45) is 0. The number of thiocarbonyl (C=S) groups is 1. The fourth-order valence-corrected chi connectivity index (χ4v) is 3.42. The first-order chi connectivity index (χ1) is 13.7. The molecule has 0 saturated heterocycles. The molecule has 1 aliphatic heterocycles. The third kappa shape index (κ3) is 4.26. The van der Waals surface area contributed by atoms with Crippen LogP contribution in [-0.4, -0.2) is 18.3 Å². The van der Waals surface area contributed by atoms with Crippen molar-refractivity contribution in [1.82, 2.24) is 5.32 Å². The van der Waals surface area contributed by atoms with Gasteiger partial charge in [0.05, 0.1) is 6.04 Å². The Morgan fingerprint density at radius 1 is 0.857 bits per heavy atom. The van der Waals surface area contributed by atoms with Gasteiger partial charge in [-0.1, -0.05) is 60.2 Å². The van der Waals surface area contributed by atoms with E-state index in [4.69, 9.17) is 21.7 Å². The molecule has 2 N–H and O–H groups in total. The number of rotatable bonds is 4. The summed E-state index contributed by atoms with van der Waals surface area (Å²) < 4.78 is 11.2. The van der Waals surface area contributed by atoms with Crippen molar-refractivity contribution in [2.45, 2.75) is 13.0 Å². The Morgan fingerprint density at radius 2 is 1.54 bits per heavy atom. The zero-order chi connectivity index (χ0) is 19.3. The second-order valence-corrected chi connectivity index (χ2v) is 7.12. The van der Waals surface area contributed by atoms with E-state index in [0.717, 1.165) is 28.3 Å². The van der Waals surface area contributed by atoms with Gasteiger partial charge < -0.3 is 20.1 Å². The van der Waals surface area contributed by atoms with Crippen molar-refractivity contribution in [1.29, 1.82) is 0 Å². The van der Waals surface area contributed by atoms with E-state index in [-0.39, 0.29) is 6.04 Å². The maximum Gasteiger partial charge on any atom is 0.171 e. The zero-order valence-electron chi connectivity index (χ0n) is 15.6. The topological polar surface area (TPSA) is 42.5 Å². The lowest BCUT2D eigenvalue weighted by Gasteiger charge is -2.23. The van der Waals surface area contributed by atoms with Gasteiger partial charge in [0.25, 0.3) is 0 Å². The Hall–Kier alpha value is -3.05. The van der Waals surface area contributed by atoms with Crippen molar-refractivity contribution in [2.24, 2.45) is 0 Å². The number of benzene rings is 3. The molecule has 0 fully saturated rings. The van der Waals surface area contributed by atoms with E-state index in [9.17, 15) is 0 Å². The van der Waals surface area contributed by atoms with E-state index in [1.165, 1.54) is 5.56 Å². The lowest BCUT2D eigenvalue weighted by Crippen LogP contribution is -2.33. The molecule has 5 heteroatoms. The molecule has 28 heavy (non-hydrogen) atoms. The van der Waals surface area contributed by atoms with Crippen molar-refractivity contribution in [3.63, 3.8) is 0 Å². The third-order valence-corrected chi connectivity index (χ3v) is 4.84. The van der Waals surface area contributed by atoms with E-state index in [0.29, 0.717) is 18.3 Å². The molecule has 4 rings (SSSR count). The molecule has 0 aromatic heterocycles. The van der Waals surface area contributed by atoms with Crippen LogP contribution < -0.4 is 20.1 Å². The van der Waals surface area contributed by atoms with E-state index in [1.54, 1.807) is 0 Å². The van der Waals surface area contributed by atoms with Crippen molar-refractivity contribution in [3.8, 4) is 11.5 Å². The Morgan fingerprint density at radius 3 is 2.29 bits per heavy atom. The average Bonchev–Trinajstić information content (AvgIpc) is 2.73. The molecule has 1 atom stereocenters. The number of anilines is 1. The van der Waals surface area contributed by atoms with Crippen LogP contribution in [0, 0.1) is 6.92 Å². The van der Waals surface area contributed by atoms with Gasteiger partial charge >= 0.3 is 0 Å². The van der Waals surface area contributed by atoms with Gasteiger partial charge in [-0.3, -0.25) is 0 Å². The second kappa shape index (κ2) is 8.31. The predicted octanol–water partition coefficient (Wildman–Crippen LogP) is 4.84. The molecule has 0 spiro atoms. The summed E-state index contributed by atoms with van der Waals surface area (Å²) in [4.78, 5) is 0. The minimum Gasteiger partial charge on any atom is -0.486 e. The molecule has 1 aliphatic rings. The highest BCUT2D eigenvalue weighted by atomic mass is 32.1. The lowest BCUT2D eigenvalue weighted by atomic mass is 9.98. The van der Waals surface area contributed by atoms with Crippen molar-refractivity contribution in [3.05, 3.63) is 89.5 Å². The van der Waals surface area contributed by atoms with E-state index in [1.807, 2.05) is 36.4 Å². The molecule has 1 heterocycles. The molecule has 0 bridgehead atoms. The van der Waals surface area contributed by atoms with Crippen LogP contribution in [0.25, 0.3) is 0 Å². The Balaban J connectivity index is 1.53. The summed E-state index contributed by atoms with van der Waals surface area (Å²) >= 11 is 5.60. The molecular weight excluding hydrogens is 368 g/mol. The van der Waals surface area contributed by atoms with E-state index >= 15 is 0 Å². The van der Waals surface area contributed by atoms with E-state index in [2.05, 4.69) is 54.0 Å². The molecule has 3 aromatic rings. The van der Waals surface area contributed by atoms with Gasteiger partial charge in [0.15, 0.2) is 16.6 Å². The van der Waals surface area contributed by atoms with Crippen LogP contribution in [0.4, 0.5) is 5.69 Å². The van der Waals surface area contributed by atoms with Gasteiger partial charge in [0, 0.05) is 11.8 Å². The van der Waals surface area contributed by atoms with Gasteiger partial charge in [0.1, 0.15) is 13.2 Å².